The first-order chi connectivity index (χ1) is 10.9. The van der Waals surface area contributed by atoms with Gasteiger partial charge in [0.05, 0.1) is 6.42 Å². The first-order valence-electron chi connectivity index (χ1n) is 7.19. The fourth-order valence-corrected chi connectivity index (χ4v) is 3.30. The first kappa shape index (κ1) is 15.9. The van der Waals surface area contributed by atoms with Gasteiger partial charge in [0.1, 0.15) is 4.88 Å². The highest BCUT2D eigenvalue weighted by molar-refractivity contribution is 7.10. The second kappa shape index (κ2) is 6.23. The van der Waals surface area contributed by atoms with Gasteiger partial charge in [-0.25, -0.2) is 0 Å². The van der Waals surface area contributed by atoms with Crippen molar-refractivity contribution in [1.29, 1.82) is 0 Å². The highest BCUT2D eigenvalue weighted by atomic mass is 32.1. The Morgan fingerprint density at radius 1 is 1.26 bits per heavy atom. The van der Waals surface area contributed by atoms with Gasteiger partial charge in [-0.2, -0.15) is 13.2 Å². The second-order valence-corrected chi connectivity index (χ2v) is 6.35. The van der Waals surface area contributed by atoms with Crippen LogP contribution in [0.25, 0.3) is 0 Å². The predicted molar refractivity (Wildman–Crippen MR) is 83.5 cm³/mol. The van der Waals surface area contributed by atoms with Gasteiger partial charge in [0.2, 0.25) is 5.91 Å². The summed E-state index contributed by atoms with van der Waals surface area (Å²) in [5.41, 5.74) is 3.65. The summed E-state index contributed by atoms with van der Waals surface area (Å²) in [6.07, 6.45) is -3.13. The van der Waals surface area contributed by atoms with E-state index in [4.69, 9.17) is 0 Å². The Labute approximate surface area is 135 Å². The molecule has 0 fully saturated rings. The van der Waals surface area contributed by atoms with Crippen LogP contribution in [0.3, 0.4) is 0 Å². The van der Waals surface area contributed by atoms with E-state index in [0.29, 0.717) is 16.9 Å². The molecule has 3 rings (SSSR count). The molecule has 0 unspecified atom stereocenters. The molecule has 0 aliphatic carbocycles. The number of benzene rings is 1. The van der Waals surface area contributed by atoms with Crippen molar-refractivity contribution in [3.05, 3.63) is 51.2 Å². The maximum atomic E-state index is 12.5. The summed E-state index contributed by atoms with van der Waals surface area (Å²) in [5.74, 6) is -0.206. The van der Waals surface area contributed by atoms with E-state index in [2.05, 4.69) is 10.6 Å². The Balaban J connectivity index is 1.54. The van der Waals surface area contributed by atoms with Crippen molar-refractivity contribution >= 4 is 22.9 Å². The maximum Gasteiger partial charge on any atom is 0.425 e. The number of fused-ring (bicyclic) bond motifs is 1. The average molecular weight is 340 g/mol. The number of amides is 1. The molecule has 2 heterocycles. The standard InChI is InChI=1S/C16H15F3N2OS/c17-16(18,19)14-6-11(9-23-14)8-21-15(22)7-10-1-2-12-3-4-20-13(12)5-10/h1-2,5-6,9,20H,3-4,7-8H2,(H,21,22). The number of rotatable bonds is 4. The topological polar surface area (TPSA) is 41.1 Å². The van der Waals surface area contributed by atoms with Gasteiger partial charge < -0.3 is 10.6 Å². The van der Waals surface area contributed by atoms with Crippen LogP contribution in [0.5, 0.6) is 0 Å². The molecular weight excluding hydrogens is 325 g/mol. The lowest BCUT2D eigenvalue weighted by molar-refractivity contribution is -0.134. The van der Waals surface area contributed by atoms with E-state index in [0.717, 1.165) is 30.3 Å². The lowest BCUT2D eigenvalue weighted by atomic mass is 10.1. The molecule has 1 aromatic carbocycles. The highest BCUT2D eigenvalue weighted by Gasteiger charge is 2.32. The molecule has 0 atom stereocenters. The fraction of sp³-hybridized carbons (Fsp3) is 0.312. The third kappa shape index (κ3) is 3.85. The van der Waals surface area contributed by atoms with Crippen molar-refractivity contribution in [2.45, 2.75) is 25.6 Å². The van der Waals surface area contributed by atoms with Crippen molar-refractivity contribution in [3.63, 3.8) is 0 Å². The van der Waals surface area contributed by atoms with Crippen LogP contribution in [0.2, 0.25) is 0 Å². The zero-order chi connectivity index (χ0) is 16.4. The van der Waals surface area contributed by atoms with Gasteiger partial charge in [-0.05, 0) is 40.6 Å². The molecular formula is C16H15F3N2OS. The Hall–Kier alpha value is -2.02. The normalized spacial score (nSPS) is 13.5. The number of nitrogens with one attached hydrogen (secondary N) is 2. The number of carbonyl (C=O) groups is 1. The number of halogens is 3. The molecule has 3 nitrogen and oxygen atoms in total. The van der Waals surface area contributed by atoms with E-state index in [1.54, 1.807) is 0 Å². The van der Waals surface area contributed by atoms with Crippen LogP contribution in [0, 0.1) is 0 Å². The average Bonchev–Trinajstić information content (AvgIpc) is 3.13. The molecule has 2 aromatic rings. The fourth-order valence-electron chi connectivity index (χ4n) is 2.51. The Bertz CT molecular complexity index is 724. The number of hydrogen-bond acceptors (Lipinski definition) is 3. The molecule has 1 aliphatic rings. The predicted octanol–water partition coefficient (Wildman–Crippen LogP) is 3.59. The number of thiophene rings is 1. The molecule has 0 bridgehead atoms. The third-order valence-electron chi connectivity index (χ3n) is 3.67. The SMILES string of the molecule is O=C(Cc1ccc2c(c1)NCC2)NCc1csc(C(F)(F)F)c1. The second-order valence-electron chi connectivity index (χ2n) is 5.44. The highest BCUT2D eigenvalue weighted by Crippen LogP contribution is 2.34. The molecule has 122 valence electrons. The van der Waals surface area contributed by atoms with Crippen molar-refractivity contribution in [2.75, 3.05) is 11.9 Å². The van der Waals surface area contributed by atoms with E-state index in [-0.39, 0.29) is 18.9 Å². The molecule has 0 saturated heterocycles. The quantitative estimate of drug-likeness (QED) is 0.893. The van der Waals surface area contributed by atoms with Gasteiger partial charge in [0.25, 0.3) is 0 Å². The maximum absolute atomic E-state index is 12.5. The minimum atomic E-state index is -4.33. The number of carbonyl (C=O) groups excluding carboxylic acids is 1. The van der Waals surface area contributed by atoms with Gasteiger partial charge >= 0.3 is 6.18 Å². The lowest BCUT2D eigenvalue weighted by Crippen LogP contribution is -2.24. The van der Waals surface area contributed by atoms with Crippen LogP contribution < -0.4 is 10.6 Å². The summed E-state index contributed by atoms with van der Waals surface area (Å²) in [6, 6.07) is 6.95. The van der Waals surface area contributed by atoms with Crippen LogP contribution in [0.4, 0.5) is 18.9 Å². The van der Waals surface area contributed by atoms with Crippen molar-refractivity contribution in [3.8, 4) is 0 Å². The molecule has 0 radical (unpaired) electrons. The molecule has 1 aliphatic heterocycles. The number of alkyl halides is 3. The molecule has 7 heteroatoms. The molecule has 2 N–H and O–H groups in total. The zero-order valence-corrected chi connectivity index (χ0v) is 13.0. The van der Waals surface area contributed by atoms with Gasteiger partial charge in [-0.1, -0.05) is 12.1 Å². The molecule has 23 heavy (non-hydrogen) atoms. The summed E-state index contributed by atoms with van der Waals surface area (Å²) in [6.45, 7) is 1.01. The molecule has 1 amide bonds. The van der Waals surface area contributed by atoms with Gasteiger partial charge in [0, 0.05) is 18.8 Å². The van der Waals surface area contributed by atoms with E-state index in [1.165, 1.54) is 10.9 Å². The minimum absolute atomic E-state index is 0.106. The largest absolute Gasteiger partial charge is 0.425 e. The molecule has 1 aromatic heterocycles. The van der Waals surface area contributed by atoms with Crippen molar-refractivity contribution < 1.29 is 18.0 Å². The summed E-state index contributed by atoms with van der Waals surface area (Å²) in [4.78, 5) is 11.3. The van der Waals surface area contributed by atoms with E-state index in [9.17, 15) is 18.0 Å². The van der Waals surface area contributed by atoms with Gasteiger partial charge in [-0.3, -0.25) is 4.79 Å². The van der Waals surface area contributed by atoms with E-state index >= 15 is 0 Å². The van der Waals surface area contributed by atoms with Gasteiger partial charge in [-0.15, -0.1) is 11.3 Å². The van der Waals surface area contributed by atoms with Crippen LogP contribution >= 0.6 is 11.3 Å². The van der Waals surface area contributed by atoms with E-state index < -0.39 is 11.1 Å². The summed E-state index contributed by atoms with van der Waals surface area (Å²) in [7, 11) is 0. The van der Waals surface area contributed by atoms with Gasteiger partial charge in [0.15, 0.2) is 0 Å². The zero-order valence-electron chi connectivity index (χ0n) is 12.2. The Morgan fingerprint density at radius 2 is 2.09 bits per heavy atom. The lowest BCUT2D eigenvalue weighted by Gasteiger charge is -2.06. The summed E-state index contributed by atoms with van der Waals surface area (Å²) in [5, 5.41) is 7.33. The van der Waals surface area contributed by atoms with Crippen LogP contribution in [-0.2, 0) is 30.4 Å². The van der Waals surface area contributed by atoms with Crippen molar-refractivity contribution in [1.82, 2.24) is 5.32 Å². The summed E-state index contributed by atoms with van der Waals surface area (Å²) < 4.78 is 37.5. The van der Waals surface area contributed by atoms with Crippen LogP contribution in [0.1, 0.15) is 21.6 Å². The number of hydrogen-bond donors (Lipinski definition) is 2. The Morgan fingerprint density at radius 3 is 2.83 bits per heavy atom. The smallest absolute Gasteiger partial charge is 0.384 e. The first-order valence-corrected chi connectivity index (χ1v) is 8.07. The summed E-state index contributed by atoms with van der Waals surface area (Å²) >= 11 is 0.641. The molecule has 0 saturated carbocycles. The number of anilines is 1. The minimum Gasteiger partial charge on any atom is -0.384 e. The van der Waals surface area contributed by atoms with Crippen LogP contribution in [0.15, 0.2) is 29.6 Å². The monoisotopic (exact) mass is 340 g/mol. The molecule has 0 spiro atoms. The van der Waals surface area contributed by atoms with E-state index in [1.807, 2.05) is 18.2 Å². The Kier molecular flexibility index (Phi) is 4.30. The van der Waals surface area contributed by atoms with Crippen LogP contribution in [-0.4, -0.2) is 12.5 Å². The van der Waals surface area contributed by atoms with Crippen molar-refractivity contribution in [2.24, 2.45) is 0 Å². The third-order valence-corrected chi connectivity index (χ3v) is 4.70.